The van der Waals surface area contributed by atoms with Crippen LogP contribution in [-0.4, -0.2) is 9.55 Å². The zero-order valence-corrected chi connectivity index (χ0v) is 11.2. The molecule has 0 aliphatic heterocycles. The van der Waals surface area contributed by atoms with Crippen molar-refractivity contribution < 1.29 is 0 Å². The van der Waals surface area contributed by atoms with Crippen LogP contribution in [0.15, 0.2) is 41.3 Å². The van der Waals surface area contributed by atoms with E-state index in [1.54, 1.807) is 6.33 Å². The molecule has 1 heterocycles. The summed E-state index contributed by atoms with van der Waals surface area (Å²) in [7, 11) is 1.96. The Labute approximate surface area is 109 Å². The maximum absolute atomic E-state index is 5.62. The number of imidazole rings is 1. The second-order valence-corrected chi connectivity index (χ2v) is 4.80. The summed E-state index contributed by atoms with van der Waals surface area (Å²) in [5, 5.41) is 0. The molecule has 0 radical (unpaired) electrons. The molecule has 1 aromatic carbocycles. The lowest BCUT2D eigenvalue weighted by atomic mass is 10.0. The van der Waals surface area contributed by atoms with E-state index < -0.39 is 0 Å². The summed E-state index contributed by atoms with van der Waals surface area (Å²) < 4.78 is 3.07. The van der Waals surface area contributed by atoms with Gasteiger partial charge in [-0.25, -0.2) is 4.98 Å². The Bertz CT molecular complexity index is 495. The van der Waals surface area contributed by atoms with E-state index in [-0.39, 0.29) is 6.04 Å². The van der Waals surface area contributed by atoms with Gasteiger partial charge >= 0.3 is 0 Å². The number of benzene rings is 1. The molecule has 3 N–H and O–H groups in total. The highest BCUT2D eigenvalue weighted by Gasteiger charge is 2.14. The minimum atomic E-state index is 0.0567. The van der Waals surface area contributed by atoms with E-state index in [1.165, 1.54) is 5.56 Å². The van der Waals surface area contributed by atoms with Crippen molar-refractivity contribution in [2.45, 2.75) is 12.5 Å². The zero-order chi connectivity index (χ0) is 12.3. The number of nitrogens with one attached hydrogen (secondary N) is 1. The lowest BCUT2D eigenvalue weighted by molar-refractivity contribution is 0.521. The van der Waals surface area contributed by atoms with Gasteiger partial charge in [0.25, 0.3) is 0 Å². The van der Waals surface area contributed by atoms with Gasteiger partial charge in [0.05, 0.1) is 18.1 Å². The van der Waals surface area contributed by atoms with E-state index in [1.807, 2.05) is 36.0 Å². The van der Waals surface area contributed by atoms with Crippen LogP contribution < -0.4 is 11.3 Å². The molecule has 2 aromatic rings. The number of nitrogens with two attached hydrogens (primary N) is 1. The molecule has 0 saturated carbocycles. The Morgan fingerprint density at radius 3 is 2.82 bits per heavy atom. The first-order valence-corrected chi connectivity index (χ1v) is 6.17. The van der Waals surface area contributed by atoms with Crippen LogP contribution in [0.4, 0.5) is 0 Å². The minimum absolute atomic E-state index is 0.0567. The third kappa shape index (κ3) is 2.74. The van der Waals surface area contributed by atoms with Crippen molar-refractivity contribution in [2.75, 3.05) is 0 Å². The first-order chi connectivity index (χ1) is 8.22. The average molecular weight is 295 g/mol. The van der Waals surface area contributed by atoms with Gasteiger partial charge in [0.1, 0.15) is 0 Å². The molecule has 2 rings (SSSR count). The molecule has 1 atom stereocenters. The fraction of sp³-hybridized carbons (Fsp3) is 0.250. The van der Waals surface area contributed by atoms with Gasteiger partial charge in [0.2, 0.25) is 0 Å². The number of nitrogens with zero attached hydrogens (tertiary/aromatic N) is 2. The van der Waals surface area contributed by atoms with Gasteiger partial charge in [-0.3, -0.25) is 11.3 Å². The van der Waals surface area contributed by atoms with Gasteiger partial charge in [-0.05, 0) is 18.1 Å². The normalized spacial score (nSPS) is 12.6. The molecule has 0 bridgehead atoms. The maximum atomic E-state index is 5.62. The quantitative estimate of drug-likeness (QED) is 0.669. The summed E-state index contributed by atoms with van der Waals surface area (Å²) in [6.45, 7) is 0. The van der Waals surface area contributed by atoms with E-state index in [2.05, 4.69) is 32.4 Å². The number of halogens is 1. The topological polar surface area (TPSA) is 55.9 Å². The number of hydrogen-bond donors (Lipinski definition) is 2. The van der Waals surface area contributed by atoms with Crippen molar-refractivity contribution in [3.63, 3.8) is 0 Å². The van der Waals surface area contributed by atoms with Crippen molar-refractivity contribution in [3.05, 3.63) is 52.5 Å². The van der Waals surface area contributed by atoms with Crippen LogP contribution in [0.2, 0.25) is 0 Å². The molecule has 0 aliphatic rings. The van der Waals surface area contributed by atoms with Gasteiger partial charge in [0, 0.05) is 17.7 Å². The largest absolute Gasteiger partial charge is 0.336 e. The number of aryl methyl sites for hydroxylation is 1. The molecule has 0 fully saturated rings. The molecule has 4 nitrogen and oxygen atoms in total. The smallest absolute Gasteiger partial charge is 0.0946 e. The SMILES string of the molecule is Cn1cncc1C(Cc1ccccc1Br)NN. The Kier molecular flexibility index (Phi) is 3.93. The first kappa shape index (κ1) is 12.3. The fourth-order valence-electron chi connectivity index (χ4n) is 1.84. The maximum Gasteiger partial charge on any atom is 0.0946 e. The average Bonchev–Trinajstić information content (AvgIpc) is 2.75. The van der Waals surface area contributed by atoms with Crippen LogP contribution in [0.5, 0.6) is 0 Å². The van der Waals surface area contributed by atoms with E-state index >= 15 is 0 Å². The molecular formula is C12H15BrN4. The molecule has 0 spiro atoms. The van der Waals surface area contributed by atoms with Crippen LogP contribution in [0, 0.1) is 0 Å². The van der Waals surface area contributed by atoms with Gasteiger partial charge < -0.3 is 4.57 Å². The van der Waals surface area contributed by atoms with E-state index in [0.717, 1.165) is 16.6 Å². The molecule has 90 valence electrons. The fourth-order valence-corrected chi connectivity index (χ4v) is 2.28. The molecule has 17 heavy (non-hydrogen) atoms. The van der Waals surface area contributed by atoms with Gasteiger partial charge in [-0.1, -0.05) is 34.1 Å². The summed E-state index contributed by atoms with van der Waals surface area (Å²) >= 11 is 3.54. The highest BCUT2D eigenvalue weighted by Crippen LogP contribution is 2.22. The highest BCUT2D eigenvalue weighted by molar-refractivity contribution is 9.10. The number of hydrazine groups is 1. The first-order valence-electron chi connectivity index (χ1n) is 5.38. The summed E-state index contributed by atoms with van der Waals surface area (Å²) in [5.74, 6) is 5.62. The molecule has 1 aromatic heterocycles. The van der Waals surface area contributed by atoms with Gasteiger partial charge in [-0.2, -0.15) is 0 Å². The van der Waals surface area contributed by atoms with E-state index in [9.17, 15) is 0 Å². The minimum Gasteiger partial charge on any atom is -0.336 e. The third-order valence-electron chi connectivity index (χ3n) is 2.79. The lowest BCUT2D eigenvalue weighted by Crippen LogP contribution is -2.31. The Hall–Kier alpha value is -1.17. The Morgan fingerprint density at radius 1 is 1.47 bits per heavy atom. The number of rotatable bonds is 4. The van der Waals surface area contributed by atoms with Crippen molar-refractivity contribution in [3.8, 4) is 0 Å². The number of aromatic nitrogens is 2. The van der Waals surface area contributed by atoms with E-state index in [0.29, 0.717) is 0 Å². The molecule has 0 amide bonds. The molecular weight excluding hydrogens is 280 g/mol. The molecule has 0 aliphatic carbocycles. The van der Waals surface area contributed by atoms with Crippen molar-refractivity contribution in [1.82, 2.24) is 15.0 Å². The van der Waals surface area contributed by atoms with Crippen molar-refractivity contribution >= 4 is 15.9 Å². The summed E-state index contributed by atoms with van der Waals surface area (Å²) in [6, 6.07) is 8.21. The summed E-state index contributed by atoms with van der Waals surface area (Å²) in [5.41, 5.74) is 5.13. The Balaban J connectivity index is 2.22. The zero-order valence-electron chi connectivity index (χ0n) is 9.60. The lowest BCUT2D eigenvalue weighted by Gasteiger charge is -2.17. The third-order valence-corrected chi connectivity index (χ3v) is 3.57. The van der Waals surface area contributed by atoms with Crippen LogP contribution in [0.25, 0.3) is 0 Å². The second-order valence-electron chi connectivity index (χ2n) is 3.94. The van der Waals surface area contributed by atoms with Gasteiger partial charge in [0.15, 0.2) is 0 Å². The van der Waals surface area contributed by atoms with Crippen molar-refractivity contribution in [2.24, 2.45) is 12.9 Å². The number of hydrogen-bond acceptors (Lipinski definition) is 3. The molecule has 5 heteroatoms. The van der Waals surface area contributed by atoms with Crippen molar-refractivity contribution in [1.29, 1.82) is 0 Å². The standard InChI is InChI=1S/C12H15BrN4/c1-17-8-15-7-12(17)11(16-14)6-9-4-2-3-5-10(9)13/h2-5,7-8,11,16H,6,14H2,1H3. The second kappa shape index (κ2) is 5.44. The Morgan fingerprint density at radius 2 is 2.24 bits per heavy atom. The van der Waals surface area contributed by atoms with Crippen LogP contribution >= 0.6 is 15.9 Å². The van der Waals surface area contributed by atoms with Gasteiger partial charge in [-0.15, -0.1) is 0 Å². The highest BCUT2D eigenvalue weighted by atomic mass is 79.9. The molecule has 1 unspecified atom stereocenters. The predicted octanol–water partition coefficient (Wildman–Crippen LogP) is 1.93. The van der Waals surface area contributed by atoms with E-state index in [4.69, 9.17) is 5.84 Å². The van der Waals surface area contributed by atoms with Crippen LogP contribution in [-0.2, 0) is 13.5 Å². The monoisotopic (exact) mass is 294 g/mol. The van der Waals surface area contributed by atoms with Crippen LogP contribution in [0.3, 0.4) is 0 Å². The summed E-state index contributed by atoms with van der Waals surface area (Å²) in [6.07, 6.45) is 4.43. The molecule has 0 saturated heterocycles. The summed E-state index contributed by atoms with van der Waals surface area (Å²) in [4.78, 5) is 4.11. The van der Waals surface area contributed by atoms with Crippen LogP contribution in [0.1, 0.15) is 17.3 Å². The predicted molar refractivity (Wildman–Crippen MR) is 71.1 cm³/mol.